The molecule has 0 unspecified atom stereocenters. The third kappa shape index (κ3) is 4.39. The van der Waals surface area contributed by atoms with Crippen LogP contribution in [0.15, 0.2) is 18.2 Å². The maximum absolute atomic E-state index is 12.9. The highest BCUT2D eigenvalue weighted by molar-refractivity contribution is 5.99. The van der Waals surface area contributed by atoms with Crippen LogP contribution in [-0.2, 0) is 4.79 Å². The van der Waals surface area contributed by atoms with E-state index < -0.39 is 0 Å². The van der Waals surface area contributed by atoms with Gasteiger partial charge in [-0.25, -0.2) is 4.79 Å². The Morgan fingerprint density at radius 2 is 1.89 bits per heavy atom. The van der Waals surface area contributed by atoms with Gasteiger partial charge in [-0.1, -0.05) is 6.07 Å². The van der Waals surface area contributed by atoms with Crippen molar-refractivity contribution in [3.8, 4) is 0 Å². The molecule has 8 heteroatoms. The van der Waals surface area contributed by atoms with E-state index in [2.05, 4.69) is 15.5 Å². The van der Waals surface area contributed by atoms with Gasteiger partial charge in [0, 0.05) is 57.1 Å². The first kappa shape index (κ1) is 19.2. The molecule has 0 saturated carbocycles. The van der Waals surface area contributed by atoms with Gasteiger partial charge in [0.15, 0.2) is 0 Å². The molecule has 2 N–H and O–H groups in total. The number of hydrogen-bond acceptors (Lipinski definition) is 4. The number of aryl methyl sites for hydroxylation is 1. The van der Waals surface area contributed by atoms with Crippen LogP contribution in [0.25, 0.3) is 0 Å². The molecule has 0 radical (unpaired) electrons. The van der Waals surface area contributed by atoms with E-state index in [1.54, 1.807) is 4.90 Å². The van der Waals surface area contributed by atoms with Gasteiger partial charge in [0.25, 0.3) is 5.91 Å². The zero-order valence-corrected chi connectivity index (χ0v) is 16.0. The monoisotopic (exact) mass is 373 g/mol. The number of nitrogens with one attached hydrogen (secondary N) is 2. The SMILES string of the molecule is CCNC(=O)CN1CCN(C(=O)c2ccc(C)c(N3CCNC3=O)c2)CC1. The van der Waals surface area contributed by atoms with E-state index in [-0.39, 0.29) is 17.8 Å². The second-order valence-electron chi connectivity index (χ2n) is 6.91. The lowest BCUT2D eigenvalue weighted by atomic mass is 10.1. The van der Waals surface area contributed by atoms with Crippen molar-refractivity contribution in [3.05, 3.63) is 29.3 Å². The van der Waals surface area contributed by atoms with Crippen molar-refractivity contribution in [1.82, 2.24) is 20.4 Å². The highest BCUT2D eigenvalue weighted by Gasteiger charge is 2.26. The Kier molecular flexibility index (Phi) is 5.95. The standard InChI is InChI=1S/C19H27N5O3/c1-3-20-17(25)13-22-8-10-23(11-9-22)18(26)15-5-4-14(2)16(12-15)24-7-6-21-19(24)27/h4-5,12H,3,6-11,13H2,1-2H3,(H,20,25)(H,21,27). The van der Waals surface area contributed by atoms with Crippen LogP contribution in [0.1, 0.15) is 22.8 Å². The van der Waals surface area contributed by atoms with E-state index in [1.807, 2.05) is 36.9 Å². The largest absolute Gasteiger partial charge is 0.355 e. The number of anilines is 1. The zero-order valence-electron chi connectivity index (χ0n) is 16.0. The molecule has 1 aromatic rings. The van der Waals surface area contributed by atoms with Gasteiger partial charge < -0.3 is 15.5 Å². The van der Waals surface area contributed by atoms with Crippen LogP contribution in [0.3, 0.4) is 0 Å². The molecule has 0 bridgehead atoms. The number of piperazine rings is 1. The number of urea groups is 1. The van der Waals surface area contributed by atoms with Gasteiger partial charge in [0.1, 0.15) is 0 Å². The molecule has 4 amide bonds. The van der Waals surface area contributed by atoms with Crippen molar-refractivity contribution in [2.45, 2.75) is 13.8 Å². The van der Waals surface area contributed by atoms with Crippen molar-refractivity contribution in [2.75, 3.05) is 57.3 Å². The van der Waals surface area contributed by atoms with Crippen LogP contribution in [-0.4, -0.2) is 80.0 Å². The smallest absolute Gasteiger partial charge is 0.322 e. The first-order valence-corrected chi connectivity index (χ1v) is 9.44. The molecule has 0 atom stereocenters. The van der Waals surface area contributed by atoms with E-state index >= 15 is 0 Å². The van der Waals surface area contributed by atoms with Crippen LogP contribution in [0.5, 0.6) is 0 Å². The molecule has 0 aliphatic carbocycles. The first-order chi connectivity index (χ1) is 13.0. The summed E-state index contributed by atoms with van der Waals surface area (Å²) in [5.41, 5.74) is 2.34. The summed E-state index contributed by atoms with van der Waals surface area (Å²) in [7, 11) is 0. The number of carbonyl (C=O) groups is 3. The highest BCUT2D eigenvalue weighted by atomic mass is 16.2. The normalized spacial score (nSPS) is 17.8. The van der Waals surface area contributed by atoms with Crippen molar-refractivity contribution >= 4 is 23.5 Å². The van der Waals surface area contributed by atoms with Crippen LogP contribution in [0.4, 0.5) is 10.5 Å². The van der Waals surface area contributed by atoms with Crippen LogP contribution >= 0.6 is 0 Å². The quantitative estimate of drug-likeness (QED) is 0.783. The molecule has 8 nitrogen and oxygen atoms in total. The fraction of sp³-hybridized carbons (Fsp3) is 0.526. The lowest BCUT2D eigenvalue weighted by molar-refractivity contribution is -0.122. The maximum Gasteiger partial charge on any atom is 0.322 e. The molecule has 2 heterocycles. The lowest BCUT2D eigenvalue weighted by Gasteiger charge is -2.34. The summed E-state index contributed by atoms with van der Waals surface area (Å²) in [6.45, 7) is 8.59. The molecule has 146 valence electrons. The summed E-state index contributed by atoms with van der Waals surface area (Å²) < 4.78 is 0. The summed E-state index contributed by atoms with van der Waals surface area (Å²) in [6.07, 6.45) is 0. The molecule has 2 saturated heterocycles. The molecule has 27 heavy (non-hydrogen) atoms. The average molecular weight is 373 g/mol. The molecule has 3 rings (SSSR count). The summed E-state index contributed by atoms with van der Waals surface area (Å²) in [6, 6.07) is 5.39. The van der Waals surface area contributed by atoms with Gasteiger partial charge in [0.05, 0.1) is 6.54 Å². The van der Waals surface area contributed by atoms with Gasteiger partial charge in [0.2, 0.25) is 5.91 Å². The van der Waals surface area contributed by atoms with E-state index in [0.717, 1.165) is 11.3 Å². The minimum Gasteiger partial charge on any atom is -0.355 e. The Morgan fingerprint density at radius 3 is 2.52 bits per heavy atom. The van der Waals surface area contributed by atoms with E-state index in [0.29, 0.717) is 57.9 Å². The molecule has 2 aliphatic heterocycles. The number of carbonyl (C=O) groups excluding carboxylic acids is 3. The summed E-state index contributed by atoms with van der Waals surface area (Å²) >= 11 is 0. The fourth-order valence-corrected chi connectivity index (χ4v) is 3.48. The van der Waals surface area contributed by atoms with Gasteiger partial charge in [-0.05, 0) is 31.5 Å². The Bertz CT molecular complexity index is 728. The number of nitrogens with zero attached hydrogens (tertiary/aromatic N) is 3. The Hall–Kier alpha value is -2.61. The molecule has 1 aromatic carbocycles. The third-order valence-electron chi connectivity index (χ3n) is 5.00. The summed E-state index contributed by atoms with van der Waals surface area (Å²) in [4.78, 5) is 42.1. The fourth-order valence-electron chi connectivity index (χ4n) is 3.48. The van der Waals surface area contributed by atoms with Gasteiger partial charge in [-0.3, -0.25) is 19.4 Å². The molecule has 2 fully saturated rings. The maximum atomic E-state index is 12.9. The second-order valence-corrected chi connectivity index (χ2v) is 6.91. The molecular weight excluding hydrogens is 346 g/mol. The van der Waals surface area contributed by atoms with Gasteiger partial charge in [-0.2, -0.15) is 0 Å². The van der Waals surface area contributed by atoms with Crippen molar-refractivity contribution < 1.29 is 14.4 Å². The first-order valence-electron chi connectivity index (χ1n) is 9.44. The van der Waals surface area contributed by atoms with Crippen molar-refractivity contribution in [1.29, 1.82) is 0 Å². The number of rotatable bonds is 5. The molecule has 0 aromatic heterocycles. The molecule has 0 spiro atoms. The number of benzene rings is 1. The Morgan fingerprint density at radius 1 is 1.15 bits per heavy atom. The Balaban J connectivity index is 1.63. The number of likely N-dealkylation sites (N-methyl/N-ethyl adjacent to an activating group) is 1. The van der Waals surface area contributed by atoms with Crippen molar-refractivity contribution in [2.24, 2.45) is 0 Å². The second kappa shape index (κ2) is 8.39. The van der Waals surface area contributed by atoms with Gasteiger partial charge in [-0.15, -0.1) is 0 Å². The van der Waals surface area contributed by atoms with Crippen LogP contribution in [0, 0.1) is 6.92 Å². The lowest BCUT2D eigenvalue weighted by Crippen LogP contribution is -2.51. The minimum atomic E-state index is -0.123. The van der Waals surface area contributed by atoms with Crippen LogP contribution in [0.2, 0.25) is 0 Å². The topological polar surface area (TPSA) is 85.0 Å². The summed E-state index contributed by atoms with van der Waals surface area (Å²) in [5, 5.41) is 5.59. The van der Waals surface area contributed by atoms with E-state index in [1.165, 1.54) is 0 Å². The predicted octanol–water partition coefficient (Wildman–Crippen LogP) is 0.419. The van der Waals surface area contributed by atoms with Gasteiger partial charge >= 0.3 is 6.03 Å². The minimum absolute atomic E-state index is 0.0179. The van der Waals surface area contributed by atoms with Crippen molar-refractivity contribution in [3.63, 3.8) is 0 Å². The summed E-state index contributed by atoms with van der Waals surface area (Å²) in [5.74, 6) is -0.0159. The molecular formula is C19H27N5O3. The van der Waals surface area contributed by atoms with E-state index in [9.17, 15) is 14.4 Å². The van der Waals surface area contributed by atoms with E-state index in [4.69, 9.17) is 0 Å². The number of amides is 4. The van der Waals surface area contributed by atoms with Crippen LogP contribution < -0.4 is 15.5 Å². The third-order valence-corrected chi connectivity index (χ3v) is 5.00. The predicted molar refractivity (Wildman–Crippen MR) is 103 cm³/mol. The number of hydrogen-bond donors (Lipinski definition) is 2. The Labute approximate surface area is 159 Å². The highest BCUT2D eigenvalue weighted by Crippen LogP contribution is 2.24. The zero-order chi connectivity index (χ0) is 19.4. The molecule has 2 aliphatic rings. The average Bonchev–Trinajstić information content (AvgIpc) is 3.08.